The Morgan fingerprint density at radius 1 is 1.00 bits per heavy atom. The Labute approximate surface area is 116 Å². The molecule has 0 amide bonds. The highest BCUT2D eigenvalue weighted by atomic mass is 15.3. The maximum Gasteiger partial charge on any atom is 0.225 e. The van der Waals surface area contributed by atoms with E-state index in [2.05, 4.69) is 52.8 Å². The van der Waals surface area contributed by atoms with Crippen molar-refractivity contribution in [1.29, 1.82) is 0 Å². The molecule has 0 saturated carbocycles. The summed E-state index contributed by atoms with van der Waals surface area (Å²) in [5.74, 6) is 0.845. The molecule has 106 valence electrons. The van der Waals surface area contributed by atoms with E-state index in [1.165, 1.54) is 0 Å². The van der Waals surface area contributed by atoms with Gasteiger partial charge in [0.1, 0.15) is 0 Å². The fourth-order valence-corrected chi connectivity index (χ4v) is 2.33. The Morgan fingerprint density at radius 2 is 1.58 bits per heavy atom. The van der Waals surface area contributed by atoms with E-state index in [4.69, 9.17) is 0 Å². The average molecular weight is 263 g/mol. The summed E-state index contributed by atoms with van der Waals surface area (Å²) in [6, 6.07) is 1.03. The molecule has 1 saturated heterocycles. The van der Waals surface area contributed by atoms with E-state index < -0.39 is 0 Å². The summed E-state index contributed by atoms with van der Waals surface area (Å²) in [4.78, 5) is 13.7. The van der Waals surface area contributed by atoms with E-state index in [9.17, 15) is 0 Å². The van der Waals surface area contributed by atoms with E-state index in [0.717, 1.165) is 37.8 Å². The lowest BCUT2D eigenvalue weighted by Gasteiger charge is -2.36. The van der Waals surface area contributed by atoms with E-state index in [1.54, 1.807) is 0 Å². The maximum atomic E-state index is 4.46. The van der Waals surface area contributed by atoms with Gasteiger partial charge in [0.25, 0.3) is 0 Å². The molecule has 1 aliphatic rings. The highest BCUT2D eigenvalue weighted by molar-refractivity contribution is 5.42. The van der Waals surface area contributed by atoms with Crippen LogP contribution in [0.25, 0.3) is 0 Å². The lowest BCUT2D eigenvalue weighted by molar-refractivity contribution is 0.208. The first-order valence-electron chi connectivity index (χ1n) is 7.14. The van der Waals surface area contributed by atoms with Crippen LogP contribution in [0.4, 0.5) is 11.6 Å². The Bertz CT molecular complexity index is 379. The van der Waals surface area contributed by atoms with Crippen LogP contribution in [-0.2, 0) is 0 Å². The minimum Gasteiger partial charge on any atom is -0.380 e. The molecule has 0 bridgehead atoms. The summed E-state index contributed by atoms with van der Waals surface area (Å²) in [6.07, 6.45) is 3.74. The molecule has 0 radical (unpaired) electrons. The van der Waals surface area contributed by atoms with Gasteiger partial charge in [-0.3, -0.25) is 4.90 Å². The van der Waals surface area contributed by atoms with Gasteiger partial charge >= 0.3 is 0 Å². The van der Waals surface area contributed by atoms with Crippen LogP contribution >= 0.6 is 0 Å². The molecule has 0 aromatic carbocycles. The van der Waals surface area contributed by atoms with Crippen molar-refractivity contribution in [1.82, 2.24) is 14.9 Å². The van der Waals surface area contributed by atoms with Crippen molar-refractivity contribution in [2.75, 3.05) is 36.4 Å². The molecule has 19 heavy (non-hydrogen) atoms. The van der Waals surface area contributed by atoms with Gasteiger partial charge in [0.15, 0.2) is 0 Å². The summed E-state index contributed by atoms with van der Waals surface area (Å²) >= 11 is 0. The first kappa shape index (κ1) is 14.1. The molecule has 2 rings (SSSR count). The van der Waals surface area contributed by atoms with E-state index in [1.807, 2.05) is 12.4 Å². The maximum absolute atomic E-state index is 4.46. The van der Waals surface area contributed by atoms with Crippen molar-refractivity contribution >= 4 is 11.6 Å². The predicted octanol–water partition coefficient (Wildman–Crippen LogP) is 1.83. The largest absolute Gasteiger partial charge is 0.380 e. The van der Waals surface area contributed by atoms with Crippen LogP contribution in [0, 0.1) is 0 Å². The summed E-state index contributed by atoms with van der Waals surface area (Å²) in [5, 5.41) is 3.31. The van der Waals surface area contributed by atoms with Gasteiger partial charge in [-0.25, -0.2) is 9.97 Å². The number of hydrogen-bond acceptors (Lipinski definition) is 5. The van der Waals surface area contributed by atoms with Crippen molar-refractivity contribution in [3.8, 4) is 0 Å². The molecule has 0 spiro atoms. The lowest BCUT2D eigenvalue weighted by Crippen LogP contribution is -2.49. The van der Waals surface area contributed by atoms with Crippen LogP contribution < -0.4 is 10.2 Å². The molecule has 0 aliphatic carbocycles. The Kier molecular flexibility index (Phi) is 4.58. The number of rotatable bonds is 4. The molecule has 5 nitrogen and oxygen atoms in total. The summed E-state index contributed by atoms with van der Waals surface area (Å²) in [5.41, 5.74) is 0.986. The number of nitrogens with one attached hydrogen (secondary N) is 1. The summed E-state index contributed by atoms with van der Waals surface area (Å²) in [6.45, 7) is 12.9. The second kappa shape index (κ2) is 6.19. The second-order valence-electron chi connectivity index (χ2n) is 5.69. The smallest absolute Gasteiger partial charge is 0.225 e. The third kappa shape index (κ3) is 3.80. The molecule has 1 aromatic heterocycles. The van der Waals surface area contributed by atoms with Gasteiger partial charge in [-0.1, -0.05) is 0 Å². The quantitative estimate of drug-likeness (QED) is 0.898. The van der Waals surface area contributed by atoms with Crippen molar-refractivity contribution in [3.05, 3.63) is 12.4 Å². The molecule has 0 atom stereocenters. The fraction of sp³-hybridized carbons (Fsp3) is 0.714. The van der Waals surface area contributed by atoms with Crippen LogP contribution in [-0.4, -0.2) is 53.1 Å². The second-order valence-corrected chi connectivity index (χ2v) is 5.69. The molecular weight excluding hydrogens is 238 g/mol. The molecule has 1 aliphatic heterocycles. The monoisotopic (exact) mass is 263 g/mol. The standard InChI is InChI=1S/C14H25N5/c1-11(2)17-13-9-15-14(16-10-13)19-7-5-18(6-8-19)12(3)4/h9-12,17H,5-8H2,1-4H3. The van der Waals surface area contributed by atoms with Crippen LogP contribution in [0.3, 0.4) is 0 Å². The van der Waals surface area contributed by atoms with Crippen LogP contribution in [0.15, 0.2) is 12.4 Å². The van der Waals surface area contributed by atoms with Gasteiger partial charge in [-0.15, -0.1) is 0 Å². The third-order valence-corrected chi connectivity index (χ3v) is 3.42. The lowest BCUT2D eigenvalue weighted by atomic mass is 10.2. The first-order chi connectivity index (χ1) is 9.06. The summed E-state index contributed by atoms with van der Waals surface area (Å²) in [7, 11) is 0. The zero-order valence-electron chi connectivity index (χ0n) is 12.4. The van der Waals surface area contributed by atoms with Gasteiger partial charge in [-0.2, -0.15) is 0 Å². The highest BCUT2D eigenvalue weighted by Gasteiger charge is 2.20. The summed E-state index contributed by atoms with van der Waals surface area (Å²) < 4.78 is 0. The van der Waals surface area contributed by atoms with Gasteiger partial charge in [0, 0.05) is 38.3 Å². The number of hydrogen-bond donors (Lipinski definition) is 1. The van der Waals surface area contributed by atoms with Gasteiger partial charge in [0.2, 0.25) is 5.95 Å². The number of aromatic nitrogens is 2. The molecule has 1 aromatic rings. The molecule has 0 unspecified atom stereocenters. The Balaban J connectivity index is 1.92. The Hall–Kier alpha value is -1.36. The van der Waals surface area contributed by atoms with E-state index in [-0.39, 0.29) is 0 Å². The normalized spacial score (nSPS) is 17.3. The fourth-order valence-electron chi connectivity index (χ4n) is 2.33. The molecule has 1 fully saturated rings. The van der Waals surface area contributed by atoms with Gasteiger partial charge < -0.3 is 10.2 Å². The number of nitrogens with zero attached hydrogens (tertiary/aromatic N) is 4. The number of anilines is 2. The molecule has 5 heteroatoms. The van der Waals surface area contributed by atoms with E-state index >= 15 is 0 Å². The third-order valence-electron chi connectivity index (χ3n) is 3.42. The zero-order valence-corrected chi connectivity index (χ0v) is 12.4. The molecule has 1 N–H and O–H groups in total. The van der Waals surface area contributed by atoms with Crippen LogP contribution in [0.1, 0.15) is 27.7 Å². The topological polar surface area (TPSA) is 44.3 Å². The Morgan fingerprint density at radius 3 is 2.05 bits per heavy atom. The van der Waals surface area contributed by atoms with Crippen LogP contribution in [0.2, 0.25) is 0 Å². The molecule has 2 heterocycles. The van der Waals surface area contributed by atoms with Crippen molar-refractivity contribution in [2.24, 2.45) is 0 Å². The molecular formula is C14H25N5. The van der Waals surface area contributed by atoms with Crippen molar-refractivity contribution in [2.45, 2.75) is 39.8 Å². The average Bonchev–Trinajstić information content (AvgIpc) is 2.39. The van der Waals surface area contributed by atoms with Crippen molar-refractivity contribution < 1.29 is 0 Å². The predicted molar refractivity (Wildman–Crippen MR) is 79.7 cm³/mol. The first-order valence-corrected chi connectivity index (χ1v) is 7.14. The zero-order chi connectivity index (χ0) is 13.8. The van der Waals surface area contributed by atoms with E-state index in [0.29, 0.717) is 12.1 Å². The highest BCUT2D eigenvalue weighted by Crippen LogP contribution is 2.14. The van der Waals surface area contributed by atoms with Crippen molar-refractivity contribution in [3.63, 3.8) is 0 Å². The van der Waals surface area contributed by atoms with Gasteiger partial charge in [0.05, 0.1) is 18.1 Å². The minimum atomic E-state index is 0.407. The van der Waals surface area contributed by atoms with Crippen LogP contribution in [0.5, 0.6) is 0 Å². The SMILES string of the molecule is CC(C)Nc1cnc(N2CCN(C(C)C)CC2)nc1. The minimum absolute atomic E-state index is 0.407. The van der Waals surface area contributed by atoms with Gasteiger partial charge in [-0.05, 0) is 27.7 Å². The number of piperazine rings is 1.